The van der Waals surface area contributed by atoms with E-state index in [9.17, 15) is 35.9 Å². The summed E-state index contributed by atoms with van der Waals surface area (Å²) in [6.45, 7) is 0.943. The van der Waals surface area contributed by atoms with Gasteiger partial charge in [0.05, 0.1) is 25.4 Å². The monoisotopic (exact) mass is 478 g/mol. The van der Waals surface area contributed by atoms with Gasteiger partial charge in [-0.1, -0.05) is 0 Å². The van der Waals surface area contributed by atoms with Crippen molar-refractivity contribution in [2.24, 2.45) is 5.73 Å². The number of nitrogens with two attached hydrogens (primary N) is 1. The summed E-state index contributed by atoms with van der Waals surface area (Å²) in [6.07, 6.45) is -5.46. The zero-order chi connectivity index (χ0) is 24.7. The number of methoxy groups -OCH3 is 1. The maximum Gasteiger partial charge on any atom is 0.449 e. The fraction of sp³-hybridized carbons (Fsp3) is 0.450. The van der Waals surface area contributed by atoms with E-state index in [1.807, 2.05) is 0 Å². The third-order valence-corrected chi connectivity index (χ3v) is 5.27. The summed E-state index contributed by atoms with van der Waals surface area (Å²) in [7, 11) is 0.993. The van der Waals surface area contributed by atoms with Crippen LogP contribution in [-0.2, 0) is 28.7 Å². The molecule has 1 aromatic carbocycles. The zero-order valence-corrected chi connectivity index (χ0v) is 17.5. The van der Waals surface area contributed by atoms with Crippen LogP contribution in [0.25, 0.3) is 0 Å². The van der Waals surface area contributed by atoms with E-state index in [0.29, 0.717) is 12.1 Å². The second-order valence-electron chi connectivity index (χ2n) is 7.74. The number of esters is 1. The molecule has 180 valence electrons. The Balaban J connectivity index is 1.80. The first-order chi connectivity index (χ1) is 15.3. The number of hydrogen-bond donors (Lipinski definition) is 1. The lowest BCUT2D eigenvalue weighted by molar-refractivity contribution is -0.149. The molecule has 2 atom stereocenters. The Morgan fingerprint density at radius 3 is 2.45 bits per heavy atom. The topological polar surface area (TPSA) is 90.5 Å². The third-order valence-electron chi connectivity index (χ3n) is 5.27. The molecule has 3 rings (SSSR count). The lowest BCUT2D eigenvalue weighted by Crippen LogP contribution is -2.43. The second-order valence-corrected chi connectivity index (χ2v) is 7.74. The largest absolute Gasteiger partial charge is 0.464 e. The number of benzene rings is 1. The summed E-state index contributed by atoms with van der Waals surface area (Å²) in [5, 5.41) is 0. The average molecular weight is 478 g/mol. The van der Waals surface area contributed by atoms with Crippen LogP contribution < -0.4 is 5.73 Å². The molecular weight excluding hydrogens is 458 g/mol. The van der Waals surface area contributed by atoms with Gasteiger partial charge in [-0.05, 0) is 25.0 Å². The highest BCUT2D eigenvalue weighted by molar-refractivity contribution is 5.89. The van der Waals surface area contributed by atoms with Crippen LogP contribution in [0.3, 0.4) is 0 Å². The van der Waals surface area contributed by atoms with Crippen LogP contribution in [0.15, 0.2) is 12.1 Å². The molecule has 0 aliphatic carbocycles. The van der Waals surface area contributed by atoms with Crippen molar-refractivity contribution < 1.29 is 40.7 Å². The number of ether oxygens (including phenoxy) is 1. The van der Waals surface area contributed by atoms with Crippen LogP contribution in [0.5, 0.6) is 0 Å². The van der Waals surface area contributed by atoms with Gasteiger partial charge < -0.3 is 19.9 Å². The van der Waals surface area contributed by atoms with Gasteiger partial charge in [-0.3, -0.25) is 4.79 Å². The molecule has 1 aliphatic rings. The number of nitrogens with zero attached hydrogens (tertiary/aromatic N) is 3. The first-order valence-electron chi connectivity index (χ1n) is 9.76. The van der Waals surface area contributed by atoms with E-state index in [1.165, 1.54) is 11.8 Å². The highest BCUT2D eigenvalue weighted by Gasteiger charge is 2.43. The molecule has 2 aromatic rings. The van der Waals surface area contributed by atoms with Crippen LogP contribution >= 0.6 is 0 Å². The maximum absolute atomic E-state index is 13.8. The number of carbonyl (C=O) groups excluding carboxylic acids is 2. The molecule has 33 heavy (non-hydrogen) atoms. The van der Waals surface area contributed by atoms with E-state index < -0.39 is 59.1 Å². The van der Waals surface area contributed by atoms with Gasteiger partial charge >= 0.3 is 12.1 Å². The SMILES string of the molecule is COC(=O)c1nc(C(F)(F)F)n2c1CN(C(=O)C[C@H](N)Cc1cc(F)c(F)cc1F)CC2C. The minimum absolute atomic E-state index is 0.127. The van der Waals surface area contributed by atoms with E-state index in [2.05, 4.69) is 9.72 Å². The van der Waals surface area contributed by atoms with Crippen molar-refractivity contribution >= 4 is 11.9 Å². The number of imidazole rings is 1. The molecule has 0 saturated carbocycles. The molecule has 1 aromatic heterocycles. The van der Waals surface area contributed by atoms with Crippen molar-refractivity contribution in [1.29, 1.82) is 0 Å². The van der Waals surface area contributed by atoms with Crippen molar-refractivity contribution in [3.63, 3.8) is 0 Å². The third kappa shape index (κ3) is 4.97. The number of halogens is 6. The highest BCUT2D eigenvalue weighted by atomic mass is 19.4. The van der Waals surface area contributed by atoms with Crippen LogP contribution in [0.4, 0.5) is 26.3 Å². The summed E-state index contributed by atoms with van der Waals surface area (Å²) < 4.78 is 86.0. The smallest absolute Gasteiger partial charge is 0.449 e. The molecule has 1 aliphatic heterocycles. The predicted octanol–water partition coefficient (Wildman–Crippen LogP) is 2.97. The fourth-order valence-corrected chi connectivity index (χ4v) is 3.82. The van der Waals surface area contributed by atoms with Gasteiger partial charge in [-0.25, -0.2) is 22.9 Å². The molecule has 1 unspecified atom stereocenters. The van der Waals surface area contributed by atoms with Crippen molar-refractivity contribution in [2.75, 3.05) is 13.7 Å². The summed E-state index contributed by atoms with van der Waals surface area (Å²) >= 11 is 0. The molecule has 0 saturated heterocycles. The van der Waals surface area contributed by atoms with E-state index in [0.717, 1.165) is 11.7 Å². The van der Waals surface area contributed by atoms with Crippen molar-refractivity contribution in [2.45, 2.75) is 44.6 Å². The van der Waals surface area contributed by atoms with Crippen LogP contribution in [0.1, 0.15) is 47.0 Å². The van der Waals surface area contributed by atoms with Gasteiger partial charge in [0.2, 0.25) is 11.7 Å². The number of fused-ring (bicyclic) bond motifs is 1. The fourth-order valence-electron chi connectivity index (χ4n) is 3.82. The Morgan fingerprint density at radius 2 is 1.85 bits per heavy atom. The maximum atomic E-state index is 13.8. The summed E-state index contributed by atoms with van der Waals surface area (Å²) in [6, 6.07) is -0.832. The van der Waals surface area contributed by atoms with E-state index in [-0.39, 0.29) is 37.2 Å². The number of amides is 1. The quantitative estimate of drug-likeness (QED) is 0.406. The average Bonchev–Trinajstić information content (AvgIpc) is 3.12. The Bertz CT molecular complexity index is 1080. The standard InChI is InChI=1S/C20H20F6N4O3/c1-9-7-29(8-15-17(18(32)33-2)28-19(30(9)15)20(24,25)26)16(31)5-11(27)3-10-4-13(22)14(23)6-12(10)21/h4,6,9,11H,3,5,7-8,27H2,1-2H3/t9?,11-/m1/s1. The number of rotatable bonds is 5. The minimum Gasteiger partial charge on any atom is -0.464 e. The number of carbonyl (C=O) groups is 2. The Morgan fingerprint density at radius 1 is 1.21 bits per heavy atom. The van der Waals surface area contributed by atoms with Crippen LogP contribution in [0.2, 0.25) is 0 Å². The van der Waals surface area contributed by atoms with E-state index in [4.69, 9.17) is 5.73 Å². The Labute approximate surface area is 184 Å². The second kappa shape index (κ2) is 9.04. The van der Waals surface area contributed by atoms with Crippen molar-refractivity contribution in [3.05, 3.63) is 52.4 Å². The molecule has 2 heterocycles. The van der Waals surface area contributed by atoms with Gasteiger partial charge in [0.1, 0.15) is 5.82 Å². The predicted molar refractivity (Wildman–Crippen MR) is 101 cm³/mol. The van der Waals surface area contributed by atoms with Crippen molar-refractivity contribution in [3.8, 4) is 0 Å². The van der Waals surface area contributed by atoms with Crippen LogP contribution in [-0.4, -0.2) is 46.0 Å². The first-order valence-corrected chi connectivity index (χ1v) is 9.76. The number of aromatic nitrogens is 2. The number of alkyl halides is 3. The first kappa shape index (κ1) is 24.6. The molecular formula is C20H20F6N4O3. The summed E-state index contributed by atoms with van der Waals surface area (Å²) in [5.41, 5.74) is 4.98. The lowest BCUT2D eigenvalue weighted by Gasteiger charge is -2.34. The van der Waals surface area contributed by atoms with Crippen LogP contribution in [0, 0.1) is 17.5 Å². The lowest BCUT2D eigenvalue weighted by atomic mass is 10.0. The molecule has 0 spiro atoms. The molecule has 13 heteroatoms. The van der Waals surface area contributed by atoms with E-state index in [1.54, 1.807) is 0 Å². The van der Waals surface area contributed by atoms with Crippen molar-refractivity contribution in [1.82, 2.24) is 14.5 Å². The Kier molecular flexibility index (Phi) is 6.73. The van der Waals surface area contributed by atoms with Gasteiger partial charge in [-0.15, -0.1) is 0 Å². The molecule has 0 radical (unpaired) electrons. The molecule has 1 amide bonds. The Hall–Kier alpha value is -3.09. The van der Waals surface area contributed by atoms with E-state index >= 15 is 0 Å². The summed E-state index contributed by atoms with van der Waals surface area (Å²) in [4.78, 5) is 29.4. The molecule has 0 fully saturated rings. The van der Waals surface area contributed by atoms with Gasteiger partial charge in [-0.2, -0.15) is 13.2 Å². The normalized spacial score (nSPS) is 17.0. The van der Waals surface area contributed by atoms with Gasteiger partial charge in [0.25, 0.3) is 0 Å². The van der Waals surface area contributed by atoms with Gasteiger partial charge in [0, 0.05) is 25.1 Å². The van der Waals surface area contributed by atoms with Gasteiger partial charge in [0.15, 0.2) is 17.3 Å². The molecule has 2 N–H and O–H groups in total. The molecule has 0 bridgehead atoms. The zero-order valence-electron chi connectivity index (χ0n) is 17.5. The summed E-state index contributed by atoms with van der Waals surface area (Å²) in [5.74, 6) is -6.58. The molecule has 7 nitrogen and oxygen atoms in total. The number of hydrogen-bond acceptors (Lipinski definition) is 5. The highest BCUT2D eigenvalue weighted by Crippen LogP contribution is 2.36. The minimum atomic E-state index is -4.84.